The molecule has 152 valence electrons. The monoisotopic (exact) mass is 405 g/mol. The number of thioether (sulfide) groups is 1. The number of likely N-dealkylation sites (tertiary alicyclic amines) is 1. The maximum atomic E-state index is 12.4. The molecule has 1 unspecified atom stereocenters. The zero-order valence-electron chi connectivity index (χ0n) is 16.5. The summed E-state index contributed by atoms with van der Waals surface area (Å²) in [5, 5.41) is 3.26. The van der Waals surface area contributed by atoms with Crippen LogP contribution < -0.4 is 5.32 Å². The molecule has 0 aromatic carbocycles. The van der Waals surface area contributed by atoms with E-state index in [1.807, 2.05) is 11.8 Å². The van der Waals surface area contributed by atoms with Crippen molar-refractivity contribution in [1.82, 2.24) is 19.4 Å². The summed E-state index contributed by atoms with van der Waals surface area (Å²) in [6.07, 6.45) is 1.17. The fraction of sp³-hybridized carbons (Fsp3) is 0.941. The molecule has 26 heavy (non-hydrogen) atoms. The normalized spacial score (nSPS) is 23.0. The molecule has 9 heteroatoms. The van der Waals surface area contributed by atoms with Crippen LogP contribution >= 0.6 is 11.8 Å². The van der Waals surface area contributed by atoms with Gasteiger partial charge in [-0.2, -0.15) is 11.8 Å². The van der Waals surface area contributed by atoms with Gasteiger partial charge in [-0.05, 0) is 25.4 Å². The molecule has 0 aromatic heterocycles. The van der Waals surface area contributed by atoms with Crippen molar-refractivity contribution in [2.24, 2.45) is 10.9 Å². The third kappa shape index (κ3) is 6.28. The van der Waals surface area contributed by atoms with Gasteiger partial charge >= 0.3 is 0 Å². The van der Waals surface area contributed by atoms with Gasteiger partial charge in [0, 0.05) is 57.8 Å². The third-order valence-corrected chi connectivity index (χ3v) is 8.03. The Morgan fingerprint density at radius 1 is 1.23 bits per heavy atom. The first kappa shape index (κ1) is 21.8. The summed E-state index contributed by atoms with van der Waals surface area (Å²) in [6.45, 7) is 11.4. The number of aliphatic imine (C=N–C) groups is 1. The van der Waals surface area contributed by atoms with Crippen molar-refractivity contribution in [2.75, 3.05) is 76.7 Å². The maximum absolute atomic E-state index is 12.4. The lowest BCUT2D eigenvalue weighted by Gasteiger charge is -2.26. The zero-order valence-corrected chi connectivity index (χ0v) is 18.1. The number of nitrogens with one attached hydrogen (secondary N) is 1. The van der Waals surface area contributed by atoms with E-state index in [4.69, 9.17) is 0 Å². The van der Waals surface area contributed by atoms with E-state index in [0.29, 0.717) is 25.6 Å². The molecule has 0 aliphatic carbocycles. The second kappa shape index (κ2) is 10.7. The molecule has 2 aliphatic heterocycles. The lowest BCUT2D eigenvalue weighted by molar-refractivity contribution is 0.255. The fourth-order valence-electron chi connectivity index (χ4n) is 3.60. The van der Waals surface area contributed by atoms with Gasteiger partial charge in [-0.1, -0.05) is 13.8 Å². The van der Waals surface area contributed by atoms with Crippen molar-refractivity contribution in [3.05, 3.63) is 0 Å². The SMILES string of the molecule is CCN(CC)CC1CCN(C(=NC)NCCS(=O)(=O)N2CCSCC2)C1. The molecule has 0 aromatic rings. The number of rotatable bonds is 8. The van der Waals surface area contributed by atoms with Crippen molar-refractivity contribution in [1.29, 1.82) is 0 Å². The molecule has 2 rings (SSSR count). The van der Waals surface area contributed by atoms with E-state index in [9.17, 15) is 8.42 Å². The Labute approximate surface area is 163 Å². The van der Waals surface area contributed by atoms with Crippen LogP contribution in [0, 0.1) is 5.92 Å². The molecule has 1 atom stereocenters. The van der Waals surface area contributed by atoms with Gasteiger partial charge in [0.25, 0.3) is 0 Å². The van der Waals surface area contributed by atoms with Crippen LogP contribution in [-0.2, 0) is 10.0 Å². The fourth-order valence-corrected chi connectivity index (χ4v) is 6.09. The first-order chi connectivity index (χ1) is 12.5. The highest BCUT2D eigenvalue weighted by Gasteiger charge is 2.27. The van der Waals surface area contributed by atoms with E-state index in [-0.39, 0.29) is 5.75 Å². The summed E-state index contributed by atoms with van der Waals surface area (Å²) < 4.78 is 26.5. The summed E-state index contributed by atoms with van der Waals surface area (Å²) >= 11 is 1.82. The molecule has 0 radical (unpaired) electrons. The summed E-state index contributed by atoms with van der Waals surface area (Å²) in [4.78, 5) is 9.09. The van der Waals surface area contributed by atoms with Crippen LogP contribution in [-0.4, -0.2) is 105 Å². The first-order valence-electron chi connectivity index (χ1n) is 9.73. The van der Waals surface area contributed by atoms with Gasteiger partial charge in [-0.25, -0.2) is 12.7 Å². The molecule has 2 heterocycles. The predicted octanol–water partition coefficient (Wildman–Crippen LogP) is 0.604. The second-order valence-electron chi connectivity index (χ2n) is 6.89. The number of nitrogens with zero attached hydrogens (tertiary/aromatic N) is 4. The van der Waals surface area contributed by atoms with Crippen LogP contribution in [0.1, 0.15) is 20.3 Å². The Bertz CT molecular complexity index is 545. The number of sulfonamides is 1. The molecular weight excluding hydrogens is 370 g/mol. The molecule has 0 amide bonds. The summed E-state index contributed by atoms with van der Waals surface area (Å²) in [6, 6.07) is 0. The molecule has 7 nitrogen and oxygen atoms in total. The van der Waals surface area contributed by atoms with E-state index in [1.54, 1.807) is 11.4 Å². The summed E-state index contributed by atoms with van der Waals surface area (Å²) in [5.41, 5.74) is 0. The Morgan fingerprint density at radius 3 is 2.54 bits per heavy atom. The molecule has 2 aliphatic rings. The average Bonchev–Trinajstić information content (AvgIpc) is 3.12. The highest BCUT2D eigenvalue weighted by molar-refractivity contribution is 7.99. The van der Waals surface area contributed by atoms with E-state index in [0.717, 1.165) is 50.2 Å². The third-order valence-electron chi connectivity index (χ3n) is 5.21. The van der Waals surface area contributed by atoms with Gasteiger partial charge in [0.1, 0.15) is 0 Å². The van der Waals surface area contributed by atoms with E-state index in [2.05, 4.69) is 34.0 Å². The quantitative estimate of drug-likeness (QED) is 0.471. The van der Waals surface area contributed by atoms with Gasteiger partial charge in [0.05, 0.1) is 5.75 Å². The van der Waals surface area contributed by atoms with E-state index in [1.165, 1.54) is 6.42 Å². The number of hydrogen-bond acceptors (Lipinski definition) is 5. The zero-order chi connectivity index (χ0) is 19.0. The Balaban J connectivity index is 1.77. The van der Waals surface area contributed by atoms with Gasteiger partial charge in [0.15, 0.2) is 5.96 Å². The van der Waals surface area contributed by atoms with Crippen LogP contribution in [0.5, 0.6) is 0 Å². The minimum atomic E-state index is -3.17. The van der Waals surface area contributed by atoms with Crippen LogP contribution in [0.3, 0.4) is 0 Å². The van der Waals surface area contributed by atoms with Crippen LogP contribution in [0.4, 0.5) is 0 Å². The van der Waals surface area contributed by atoms with E-state index >= 15 is 0 Å². The Morgan fingerprint density at radius 2 is 1.92 bits per heavy atom. The highest BCUT2D eigenvalue weighted by Crippen LogP contribution is 2.18. The molecule has 0 bridgehead atoms. The van der Waals surface area contributed by atoms with Gasteiger partial charge in [-0.15, -0.1) is 0 Å². The van der Waals surface area contributed by atoms with Crippen molar-refractivity contribution in [3.63, 3.8) is 0 Å². The minimum absolute atomic E-state index is 0.132. The van der Waals surface area contributed by atoms with Crippen LogP contribution in [0.2, 0.25) is 0 Å². The summed E-state index contributed by atoms with van der Waals surface area (Å²) in [7, 11) is -1.39. The topological polar surface area (TPSA) is 68.2 Å². The molecule has 0 saturated carbocycles. The molecule has 1 N–H and O–H groups in total. The molecule has 2 saturated heterocycles. The Hall–Kier alpha value is -0.510. The van der Waals surface area contributed by atoms with Crippen LogP contribution in [0.15, 0.2) is 4.99 Å². The minimum Gasteiger partial charge on any atom is -0.355 e. The van der Waals surface area contributed by atoms with Gasteiger partial charge < -0.3 is 15.1 Å². The van der Waals surface area contributed by atoms with Gasteiger partial charge in [-0.3, -0.25) is 4.99 Å². The lowest BCUT2D eigenvalue weighted by atomic mass is 10.1. The molecule has 2 fully saturated rings. The van der Waals surface area contributed by atoms with Gasteiger partial charge in [0.2, 0.25) is 10.0 Å². The Kier molecular flexibility index (Phi) is 8.99. The largest absolute Gasteiger partial charge is 0.355 e. The highest BCUT2D eigenvalue weighted by atomic mass is 32.2. The standard InChI is InChI=1S/C17H35N5O2S2/c1-4-20(5-2)14-16-6-8-21(15-16)17(18-3)19-7-13-26(23,24)22-9-11-25-12-10-22/h16H,4-15H2,1-3H3,(H,18,19). The predicted molar refractivity (Wildman–Crippen MR) is 112 cm³/mol. The number of guanidine groups is 1. The van der Waals surface area contributed by atoms with Crippen LogP contribution in [0.25, 0.3) is 0 Å². The maximum Gasteiger partial charge on any atom is 0.215 e. The second-order valence-corrected chi connectivity index (χ2v) is 10.2. The van der Waals surface area contributed by atoms with Crippen molar-refractivity contribution in [2.45, 2.75) is 20.3 Å². The summed E-state index contributed by atoms with van der Waals surface area (Å²) in [5.74, 6) is 3.42. The van der Waals surface area contributed by atoms with Crippen molar-refractivity contribution < 1.29 is 8.42 Å². The lowest BCUT2D eigenvalue weighted by Crippen LogP contribution is -2.45. The average molecular weight is 406 g/mol. The van der Waals surface area contributed by atoms with Crippen molar-refractivity contribution >= 4 is 27.7 Å². The first-order valence-corrected chi connectivity index (χ1v) is 12.5. The smallest absolute Gasteiger partial charge is 0.215 e. The van der Waals surface area contributed by atoms with Crippen molar-refractivity contribution in [3.8, 4) is 0 Å². The van der Waals surface area contributed by atoms with E-state index < -0.39 is 10.0 Å². The molecular formula is C17H35N5O2S2. The number of hydrogen-bond donors (Lipinski definition) is 1. The molecule has 0 spiro atoms.